The Bertz CT molecular complexity index is 3190. The first-order valence-corrected chi connectivity index (χ1v) is 38.1. The zero-order valence-electron chi connectivity index (χ0n) is 54.2. The summed E-state index contributed by atoms with van der Waals surface area (Å²) in [5, 5.41) is 30.6. The van der Waals surface area contributed by atoms with Gasteiger partial charge in [-0.1, -0.05) is 81.7 Å². The monoisotopic (exact) mass is 1310 g/mol. The molecule has 0 amide bonds. The third-order valence-corrected chi connectivity index (χ3v) is 28.1. The zero-order chi connectivity index (χ0) is 60.5. The molecule has 22 rings (SSSR count). The van der Waals surface area contributed by atoms with Crippen molar-refractivity contribution < 1.29 is 18.3 Å². The van der Waals surface area contributed by atoms with Crippen molar-refractivity contribution in [3.63, 3.8) is 0 Å². The molecular formula is C75H102BrN7O4S2. The van der Waals surface area contributed by atoms with Gasteiger partial charge in [-0.3, -0.25) is 0 Å². The van der Waals surface area contributed by atoms with Gasteiger partial charge in [0.2, 0.25) is 0 Å². The lowest BCUT2D eigenvalue weighted by Crippen LogP contribution is -2.58. The fraction of sp³-hybridized carbons (Fsp3) is 0.693. The van der Waals surface area contributed by atoms with Gasteiger partial charge in [0.25, 0.3) is 0 Å². The maximum Gasteiger partial charge on any atom is 0.180 e. The lowest BCUT2D eigenvalue weighted by atomic mass is 9.53. The van der Waals surface area contributed by atoms with Crippen LogP contribution in [0, 0.1) is 77.9 Å². The Morgan fingerprint density at radius 3 is 1.35 bits per heavy atom. The molecule has 0 spiro atoms. The van der Waals surface area contributed by atoms with Crippen LogP contribution in [0.3, 0.4) is 0 Å². The molecule has 0 unspecified atom stereocenters. The predicted octanol–water partition coefficient (Wildman–Crippen LogP) is 17.7. The molecule has 5 aromatic rings. The molecule has 89 heavy (non-hydrogen) atoms. The summed E-state index contributed by atoms with van der Waals surface area (Å²) in [6.45, 7) is 10.2. The van der Waals surface area contributed by atoms with E-state index in [-0.39, 0.29) is 4.75 Å². The van der Waals surface area contributed by atoms with Crippen molar-refractivity contribution in [1.82, 2.24) is 36.7 Å². The molecule has 17 aliphatic carbocycles. The molecule has 16 bridgehead atoms. The minimum Gasteiger partial charge on any atom is -0.495 e. The van der Waals surface area contributed by atoms with Gasteiger partial charge in [0.05, 0.1) is 24.2 Å². The van der Waals surface area contributed by atoms with Gasteiger partial charge in [0.1, 0.15) is 16.4 Å². The molecule has 1 aromatic carbocycles. The third-order valence-electron chi connectivity index (χ3n) is 25.1. The lowest BCUT2D eigenvalue weighted by molar-refractivity contribution is -0.0209. The van der Waals surface area contributed by atoms with Crippen LogP contribution < -0.4 is 26.0 Å². The van der Waals surface area contributed by atoms with Crippen molar-refractivity contribution >= 4 is 39.0 Å². The summed E-state index contributed by atoms with van der Waals surface area (Å²) in [5.41, 5.74) is 8.70. The van der Waals surface area contributed by atoms with Crippen molar-refractivity contribution in [2.75, 3.05) is 19.9 Å². The zero-order valence-corrected chi connectivity index (χ0v) is 57.4. The van der Waals surface area contributed by atoms with Crippen LogP contribution in [0.2, 0.25) is 0 Å². The number of ether oxygens (including phenoxy) is 1. The first-order chi connectivity index (χ1) is 43.1. The topological polar surface area (TPSA) is 135 Å². The van der Waals surface area contributed by atoms with Crippen LogP contribution >= 0.6 is 39.0 Å². The Labute approximate surface area is 547 Å². The fourth-order valence-corrected chi connectivity index (χ4v) is 24.2. The van der Waals surface area contributed by atoms with E-state index in [1.807, 2.05) is 23.2 Å². The second kappa shape index (κ2) is 25.3. The molecule has 0 saturated heterocycles. The minimum absolute atomic E-state index is 0.212. The molecule has 17 aliphatic rings. The lowest BCUT2D eigenvalue weighted by Gasteiger charge is -2.57. The quantitative estimate of drug-likeness (QED) is 0.0665. The summed E-state index contributed by atoms with van der Waals surface area (Å²) in [7, 11) is 1.69. The Morgan fingerprint density at radius 2 is 0.944 bits per heavy atom. The van der Waals surface area contributed by atoms with Crippen molar-refractivity contribution in [3.8, 4) is 27.7 Å². The highest BCUT2D eigenvalue weighted by Crippen LogP contribution is 2.59. The van der Waals surface area contributed by atoms with E-state index in [1.54, 1.807) is 24.0 Å². The second-order valence-corrected chi connectivity index (χ2v) is 36.0. The van der Waals surface area contributed by atoms with Crippen molar-refractivity contribution in [2.24, 2.45) is 71.0 Å². The molecule has 11 nitrogen and oxygen atoms in total. The number of thiophene rings is 1. The number of aromatic nitrogens is 3. The average molecular weight is 1310 g/mol. The number of hydrogen-bond acceptors (Lipinski definition) is 13. The van der Waals surface area contributed by atoms with E-state index in [0.29, 0.717) is 22.2 Å². The average Bonchev–Trinajstić information content (AvgIpc) is 1.73. The number of rotatable bonds is 18. The van der Waals surface area contributed by atoms with Gasteiger partial charge >= 0.3 is 0 Å². The second-order valence-electron chi connectivity index (χ2n) is 32.7. The van der Waals surface area contributed by atoms with Crippen LogP contribution in [-0.2, 0) is 26.1 Å². The Kier molecular flexibility index (Phi) is 17.6. The van der Waals surface area contributed by atoms with E-state index >= 15 is 0 Å². The molecule has 480 valence electrons. The first-order valence-electron chi connectivity index (χ1n) is 35.2. The number of halogens is 1. The van der Waals surface area contributed by atoms with Crippen LogP contribution in [0.1, 0.15) is 203 Å². The van der Waals surface area contributed by atoms with E-state index in [0.717, 1.165) is 161 Å². The summed E-state index contributed by atoms with van der Waals surface area (Å²) in [4.78, 5) is 1.02. The van der Waals surface area contributed by atoms with Gasteiger partial charge in [-0.2, -0.15) is 11.8 Å². The number of hydrogen-bond donors (Lipinski definition) is 4. The van der Waals surface area contributed by atoms with Crippen LogP contribution in [0.4, 0.5) is 0 Å². The molecule has 14 heteroatoms. The maximum atomic E-state index is 5.61. The SMILES string of the molecule is BrC1=C(CNC23CC4CC(CC(C4)C2)C3)CC=C1.COc1ccsc1-c1cc(CNC23CC4CC(CC(C4)C2)C3)no1.CSC(C)(C)Cc1cc(CNC23CC4CC(CC(C4)C2)C3)no1.Cc1ccccc1-c1cc(CNC23CC4CC(CC(C4)C2)C3)no1. The smallest absolute Gasteiger partial charge is 0.180 e. The van der Waals surface area contributed by atoms with Gasteiger partial charge in [-0.15, -0.1) is 11.3 Å². The van der Waals surface area contributed by atoms with E-state index in [4.69, 9.17) is 18.3 Å². The largest absolute Gasteiger partial charge is 0.495 e. The van der Waals surface area contributed by atoms with Gasteiger partial charge in [-0.25, -0.2) is 0 Å². The molecule has 4 aromatic heterocycles. The number of nitrogens with zero attached hydrogens (tertiary/aromatic N) is 3. The minimum atomic E-state index is 0.212. The van der Waals surface area contributed by atoms with Gasteiger partial charge in [-0.05, 0) is 267 Å². The maximum absolute atomic E-state index is 5.61. The molecular weight excluding hydrogens is 1210 g/mol. The third kappa shape index (κ3) is 13.8. The number of aryl methyl sites for hydroxylation is 1. The number of benzene rings is 1. The predicted molar refractivity (Wildman–Crippen MR) is 363 cm³/mol. The molecule has 16 saturated carbocycles. The molecule has 0 aliphatic heterocycles. The Hall–Kier alpha value is -3.50. The summed E-state index contributed by atoms with van der Waals surface area (Å²) in [6.07, 6.45) is 43.5. The highest BCUT2D eigenvalue weighted by Gasteiger charge is 2.54. The van der Waals surface area contributed by atoms with Gasteiger partial charge in [0.15, 0.2) is 11.5 Å². The molecule has 4 N–H and O–H groups in total. The van der Waals surface area contributed by atoms with Crippen LogP contribution in [0.5, 0.6) is 5.75 Å². The number of nitrogens with one attached hydrogen (secondary N) is 4. The molecule has 16 fully saturated rings. The Morgan fingerprint density at radius 1 is 0.551 bits per heavy atom. The van der Waals surface area contributed by atoms with Crippen molar-refractivity contribution in [2.45, 2.75) is 234 Å². The van der Waals surface area contributed by atoms with Crippen LogP contribution in [0.25, 0.3) is 22.0 Å². The van der Waals surface area contributed by atoms with E-state index in [9.17, 15) is 0 Å². The highest BCUT2D eigenvalue weighted by atomic mass is 79.9. The van der Waals surface area contributed by atoms with E-state index < -0.39 is 0 Å². The standard InChI is InChI=1S/C21H26N2O.C19H24N2O2S.C19H30N2OS.C16H22BrN/c1-14-4-2-3-5-19(14)20-9-18(23-24-20)13-22-21-10-15-6-16(11-21)8-17(7-15)12-21;1-22-16-2-3-24-18(16)17-7-15(21-23-17)11-20-19-8-12-4-13(9-19)6-14(5-12)10-19;1-18(2,23-3)11-17-7-16(21-22-17)12-20-19-8-13-4-14(9-19)6-15(5-13)10-19;17-15-3-1-2-14(15)10-18-16-7-11-4-12(8-16)6-13(5-11)9-16/h2-5,9,15-17,22H,6-8,10-13H2,1H3;2-3,7,12-14,20H,4-6,8-11H2,1H3;7,13-15,20H,4-6,8-12H2,1-3H3;1,3,11-13,18H,2,4-10H2. The summed E-state index contributed by atoms with van der Waals surface area (Å²) in [5.74, 6) is 15.5. The summed E-state index contributed by atoms with van der Waals surface area (Å²) in [6, 6.07) is 16.6. The molecule has 0 atom stereocenters. The van der Waals surface area contributed by atoms with Crippen LogP contribution in [-0.4, -0.2) is 62.3 Å². The molecule has 0 radical (unpaired) electrons. The van der Waals surface area contributed by atoms with Gasteiger partial charge < -0.3 is 39.6 Å². The van der Waals surface area contributed by atoms with Crippen molar-refractivity contribution in [3.05, 3.63) is 105 Å². The Balaban J connectivity index is 0.0000000999. The van der Waals surface area contributed by atoms with Crippen LogP contribution in [0.15, 0.2) is 89.7 Å². The normalized spacial score (nSPS) is 36.7. The number of thioether (sulfide) groups is 1. The number of methoxy groups -OCH3 is 1. The van der Waals surface area contributed by atoms with E-state index in [2.05, 4.69) is 134 Å². The summed E-state index contributed by atoms with van der Waals surface area (Å²) >= 11 is 7.18. The molecule has 4 heterocycles. The first kappa shape index (κ1) is 61.7. The summed E-state index contributed by atoms with van der Waals surface area (Å²) < 4.78 is 23.7. The highest BCUT2D eigenvalue weighted by molar-refractivity contribution is 9.11. The number of allylic oxidation sites excluding steroid dienone is 3. The van der Waals surface area contributed by atoms with Gasteiger partial charge in [0, 0.05) is 87.7 Å². The fourth-order valence-electron chi connectivity index (χ4n) is 22.6. The van der Waals surface area contributed by atoms with Crippen molar-refractivity contribution in [1.29, 1.82) is 0 Å². The van der Waals surface area contributed by atoms with E-state index in [1.165, 1.54) is 164 Å².